The fourth-order valence-corrected chi connectivity index (χ4v) is 6.51. The summed E-state index contributed by atoms with van der Waals surface area (Å²) in [4.78, 5) is 69.0. The minimum atomic E-state index is -0.975. The van der Waals surface area contributed by atoms with Gasteiger partial charge in [-0.1, -0.05) is 30.3 Å². The van der Waals surface area contributed by atoms with Crippen LogP contribution in [0.4, 0.5) is 0 Å². The molecule has 6 rings (SSSR count). The smallest absolute Gasteiger partial charge is 0.251 e. The van der Waals surface area contributed by atoms with Gasteiger partial charge in [-0.3, -0.25) is 24.0 Å². The zero-order valence-corrected chi connectivity index (χ0v) is 31.7. The highest BCUT2D eigenvalue weighted by Gasteiger charge is 2.30. The number of carbonyl (C=O) groups excluding carboxylic acids is 5. The van der Waals surface area contributed by atoms with Gasteiger partial charge in [-0.15, -0.1) is 0 Å². The van der Waals surface area contributed by atoms with Crippen molar-refractivity contribution in [2.24, 2.45) is 5.92 Å². The number of aryl methyl sites for hydroxylation is 1. The number of fused-ring (bicyclic) bond motifs is 18. The van der Waals surface area contributed by atoms with E-state index in [1.807, 2.05) is 30.3 Å². The molecule has 0 spiro atoms. The van der Waals surface area contributed by atoms with Gasteiger partial charge in [0.2, 0.25) is 23.6 Å². The lowest BCUT2D eigenvalue weighted by Gasteiger charge is -2.30. The third-order valence-corrected chi connectivity index (χ3v) is 9.69. The van der Waals surface area contributed by atoms with Crippen molar-refractivity contribution in [2.45, 2.75) is 64.1 Å². The number of hydrogen-bond donors (Lipinski definition) is 4. The number of carbonyl (C=O) groups is 5. The third-order valence-electron chi connectivity index (χ3n) is 9.69. The van der Waals surface area contributed by atoms with E-state index >= 15 is 0 Å². The normalized spacial score (nSPS) is 19.7. The van der Waals surface area contributed by atoms with E-state index in [9.17, 15) is 24.0 Å². The Morgan fingerprint density at radius 3 is 2.36 bits per heavy atom. The Morgan fingerprint density at radius 1 is 0.855 bits per heavy atom. The molecule has 3 aromatic rings. The summed E-state index contributed by atoms with van der Waals surface area (Å²) < 4.78 is 22.7. The molecule has 5 amide bonds. The molecular formula is C41H51N5O9. The van der Waals surface area contributed by atoms with E-state index < -0.39 is 29.8 Å². The highest BCUT2D eigenvalue weighted by Crippen LogP contribution is 2.35. The predicted octanol–water partition coefficient (Wildman–Crippen LogP) is 3.51. The Kier molecular flexibility index (Phi) is 14.9. The maximum atomic E-state index is 13.7. The van der Waals surface area contributed by atoms with Crippen LogP contribution in [0.15, 0.2) is 66.7 Å². The quantitative estimate of drug-likeness (QED) is 0.275. The molecule has 3 aromatic carbocycles. The number of ether oxygens (including phenoxy) is 4. The lowest BCUT2D eigenvalue weighted by atomic mass is 9.98. The number of benzene rings is 3. The van der Waals surface area contributed by atoms with Crippen molar-refractivity contribution < 1.29 is 42.9 Å². The van der Waals surface area contributed by atoms with Crippen molar-refractivity contribution in [2.75, 3.05) is 47.1 Å². The molecule has 4 bridgehead atoms. The minimum Gasteiger partial charge on any atom is -0.496 e. The van der Waals surface area contributed by atoms with Crippen LogP contribution in [0.1, 0.15) is 60.5 Å². The van der Waals surface area contributed by atoms with Crippen molar-refractivity contribution in [1.29, 1.82) is 0 Å². The molecule has 3 aliphatic heterocycles. The molecule has 0 radical (unpaired) electrons. The van der Waals surface area contributed by atoms with Crippen LogP contribution in [0.25, 0.3) is 0 Å². The molecule has 0 aliphatic carbocycles. The Labute approximate surface area is 321 Å². The standard InChI is InChI=1S/C41H51N5O9/c1-27-38(48)43-25-31-12-14-32(24-35(31)53-3)55-36-23-30(13-16-34(36)52-2)39(49)42-19-7-8-20-46(41(51)29-17-21-54-22-18-29)26-37(47)45-33(40(50)44-27)15-11-28-9-5-4-6-10-28/h4-6,9-10,12-14,16,23-24,27,29,33H,7-8,11,15,17-22,25-26H2,1-3H3,(H,42,49)(H,43,48)(H,44,50)(H,45,47)/t27-,33-/m0/s1. The summed E-state index contributed by atoms with van der Waals surface area (Å²) >= 11 is 0. The number of hydrogen-bond acceptors (Lipinski definition) is 9. The SMILES string of the molecule is COc1cc2ccc1CNC(=O)[C@H](C)NC(=O)[C@H](CCc1ccccc1)NC(=O)CN(C(=O)C1CCOCC1)CCCCNC(=O)c1ccc(OC)c(c1)O2. The van der Waals surface area contributed by atoms with Gasteiger partial charge in [0.15, 0.2) is 11.5 Å². The van der Waals surface area contributed by atoms with E-state index in [1.165, 1.54) is 19.1 Å². The molecule has 55 heavy (non-hydrogen) atoms. The van der Waals surface area contributed by atoms with Gasteiger partial charge in [0, 0.05) is 56.0 Å². The molecule has 294 valence electrons. The summed E-state index contributed by atoms with van der Waals surface area (Å²) in [6.45, 7) is 2.95. The molecule has 1 fully saturated rings. The van der Waals surface area contributed by atoms with E-state index in [4.69, 9.17) is 18.9 Å². The van der Waals surface area contributed by atoms with Crippen LogP contribution in [0.5, 0.6) is 23.0 Å². The first-order valence-electron chi connectivity index (χ1n) is 18.7. The van der Waals surface area contributed by atoms with Crippen molar-refractivity contribution in [3.05, 3.63) is 83.4 Å². The van der Waals surface area contributed by atoms with E-state index in [0.29, 0.717) is 86.0 Å². The number of nitrogens with one attached hydrogen (secondary N) is 4. The number of rotatable bonds is 6. The average molecular weight is 758 g/mol. The monoisotopic (exact) mass is 757 g/mol. The lowest BCUT2D eigenvalue weighted by Crippen LogP contribution is -2.54. The van der Waals surface area contributed by atoms with Crippen LogP contribution in [0, 0.1) is 5.92 Å². The minimum absolute atomic E-state index is 0.0899. The second kappa shape index (κ2) is 20.2. The van der Waals surface area contributed by atoms with Gasteiger partial charge in [-0.25, -0.2) is 0 Å². The highest BCUT2D eigenvalue weighted by atomic mass is 16.5. The molecule has 14 heteroatoms. The molecule has 14 nitrogen and oxygen atoms in total. The summed E-state index contributed by atoms with van der Waals surface area (Å²) in [5, 5.41) is 11.4. The summed E-state index contributed by atoms with van der Waals surface area (Å²) in [6, 6.07) is 17.7. The van der Waals surface area contributed by atoms with Crippen molar-refractivity contribution >= 4 is 29.5 Å². The Hall–Kier alpha value is -5.63. The first-order chi connectivity index (χ1) is 26.6. The summed E-state index contributed by atoms with van der Waals surface area (Å²) in [6.07, 6.45) is 2.93. The van der Waals surface area contributed by atoms with Gasteiger partial charge >= 0.3 is 0 Å². The maximum Gasteiger partial charge on any atom is 0.251 e. The van der Waals surface area contributed by atoms with E-state index in [0.717, 1.165) is 5.56 Å². The van der Waals surface area contributed by atoms with Gasteiger partial charge in [0.1, 0.15) is 23.6 Å². The molecule has 0 unspecified atom stereocenters. The van der Waals surface area contributed by atoms with Crippen molar-refractivity contribution in [3.63, 3.8) is 0 Å². The molecule has 1 saturated heterocycles. The second-order valence-corrected chi connectivity index (χ2v) is 13.6. The van der Waals surface area contributed by atoms with Crippen molar-refractivity contribution in [1.82, 2.24) is 26.2 Å². The number of methoxy groups -OCH3 is 2. The van der Waals surface area contributed by atoms with Gasteiger partial charge < -0.3 is 45.1 Å². The summed E-state index contributed by atoms with van der Waals surface area (Å²) in [7, 11) is 3.00. The molecule has 0 saturated carbocycles. The molecule has 3 aliphatic rings. The van der Waals surface area contributed by atoms with E-state index in [1.54, 1.807) is 43.3 Å². The number of amides is 5. The van der Waals surface area contributed by atoms with Gasteiger partial charge in [0.05, 0.1) is 20.8 Å². The molecule has 0 aromatic heterocycles. The molecule has 3 heterocycles. The Balaban J connectivity index is 1.39. The van der Waals surface area contributed by atoms with E-state index in [2.05, 4.69) is 21.3 Å². The zero-order chi connectivity index (χ0) is 39.2. The van der Waals surface area contributed by atoms with Gasteiger partial charge in [-0.2, -0.15) is 0 Å². The predicted molar refractivity (Wildman–Crippen MR) is 204 cm³/mol. The Morgan fingerprint density at radius 2 is 1.62 bits per heavy atom. The largest absolute Gasteiger partial charge is 0.496 e. The van der Waals surface area contributed by atoms with Crippen LogP contribution in [0.3, 0.4) is 0 Å². The van der Waals surface area contributed by atoms with Gasteiger partial charge in [0.25, 0.3) is 5.91 Å². The molecule has 4 N–H and O–H groups in total. The van der Waals surface area contributed by atoms with Crippen LogP contribution in [0.2, 0.25) is 0 Å². The van der Waals surface area contributed by atoms with Gasteiger partial charge in [-0.05, 0) is 81.3 Å². The van der Waals surface area contributed by atoms with Crippen LogP contribution in [-0.4, -0.2) is 93.6 Å². The summed E-state index contributed by atoms with van der Waals surface area (Å²) in [5.74, 6) is -0.599. The van der Waals surface area contributed by atoms with Crippen LogP contribution in [-0.2, 0) is 36.9 Å². The molecule has 2 atom stereocenters. The Bertz CT molecular complexity index is 1800. The maximum absolute atomic E-state index is 13.7. The third kappa shape index (κ3) is 11.7. The lowest BCUT2D eigenvalue weighted by molar-refractivity contribution is -0.142. The first-order valence-corrected chi connectivity index (χ1v) is 18.7. The van der Waals surface area contributed by atoms with Crippen molar-refractivity contribution in [3.8, 4) is 23.0 Å². The second-order valence-electron chi connectivity index (χ2n) is 13.6. The van der Waals surface area contributed by atoms with Crippen LogP contribution < -0.4 is 35.5 Å². The van der Waals surface area contributed by atoms with Crippen LogP contribution >= 0.6 is 0 Å². The van der Waals surface area contributed by atoms with E-state index in [-0.39, 0.29) is 43.8 Å². The number of nitrogens with zero attached hydrogens (tertiary/aromatic N) is 1. The summed E-state index contributed by atoms with van der Waals surface area (Å²) in [5.41, 5.74) is 2.00. The first kappa shape index (κ1) is 40.6. The molecular weight excluding hydrogens is 706 g/mol. The zero-order valence-electron chi connectivity index (χ0n) is 31.7. The fraction of sp³-hybridized carbons (Fsp3) is 0.439. The highest BCUT2D eigenvalue weighted by molar-refractivity contribution is 5.95. The fourth-order valence-electron chi connectivity index (χ4n) is 6.51. The topological polar surface area (TPSA) is 174 Å². The average Bonchev–Trinajstić information content (AvgIpc) is 3.20.